The Hall–Kier alpha value is -0.190. The Morgan fingerprint density at radius 3 is 2.87 bits per heavy atom. The van der Waals surface area contributed by atoms with E-state index in [0.29, 0.717) is 6.54 Å². The van der Waals surface area contributed by atoms with Crippen molar-refractivity contribution in [2.24, 2.45) is 5.92 Å². The number of nitrogens with zero attached hydrogens (tertiary/aromatic N) is 1. The number of halogens is 1. The molecule has 1 heterocycles. The van der Waals surface area contributed by atoms with Gasteiger partial charge in [0.05, 0.1) is 15.2 Å². The average molecular weight is 288 g/mol. The smallest absolute Gasteiger partial charge is 0.186 e. The summed E-state index contributed by atoms with van der Waals surface area (Å²) in [6.07, 6.45) is 2.67. The molecule has 1 aliphatic carbocycles. The Balaban J connectivity index is 1.85. The van der Waals surface area contributed by atoms with Crippen LogP contribution in [0.2, 0.25) is 0 Å². The molecule has 0 unspecified atom stereocenters. The highest BCUT2D eigenvalue weighted by molar-refractivity contribution is 9.11. The molecule has 1 aliphatic rings. The van der Waals surface area contributed by atoms with Gasteiger partial charge in [-0.1, -0.05) is 0 Å². The lowest BCUT2D eigenvalue weighted by Crippen LogP contribution is -2.27. The third-order valence-corrected chi connectivity index (χ3v) is 4.19. The molecular formula is C11H14BrNOS. The van der Waals surface area contributed by atoms with Crippen LogP contribution in [-0.4, -0.2) is 30.8 Å². The first-order valence-corrected chi connectivity index (χ1v) is 6.73. The lowest BCUT2D eigenvalue weighted by atomic mass is 10.3. The molecule has 0 aromatic carbocycles. The molecular weight excluding hydrogens is 274 g/mol. The number of hydrogen-bond acceptors (Lipinski definition) is 3. The van der Waals surface area contributed by atoms with Crippen molar-refractivity contribution in [1.29, 1.82) is 0 Å². The lowest BCUT2D eigenvalue weighted by Gasteiger charge is -2.14. The van der Waals surface area contributed by atoms with E-state index in [1.807, 2.05) is 19.2 Å². The van der Waals surface area contributed by atoms with E-state index in [9.17, 15) is 4.79 Å². The SMILES string of the molecule is CN(CC(=O)c1ccc(Br)s1)CC1CC1. The fourth-order valence-electron chi connectivity index (χ4n) is 1.59. The number of hydrogen-bond donors (Lipinski definition) is 0. The second kappa shape index (κ2) is 4.76. The fraction of sp³-hybridized carbons (Fsp3) is 0.545. The van der Waals surface area contributed by atoms with E-state index < -0.39 is 0 Å². The number of carbonyl (C=O) groups is 1. The molecule has 4 heteroatoms. The molecule has 1 aromatic rings. The second-order valence-corrected chi connectivity index (χ2v) is 6.63. The summed E-state index contributed by atoms with van der Waals surface area (Å²) in [5, 5.41) is 0. The first-order chi connectivity index (χ1) is 7.15. The van der Waals surface area contributed by atoms with E-state index in [1.165, 1.54) is 24.2 Å². The highest BCUT2D eigenvalue weighted by atomic mass is 79.9. The molecule has 82 valence electrons. The van der Waals surface area contributed by atoms with Crippen molar-refractivity contribution in [2.45, 2.75) is 12.8 Å². The maximum Gasteiger partial charge on any atom is 0.186 e. The van der Waals surface area contributed by atoms with Crippen LogP contribution in [0.1, 0.15) is 22.5 Å². The molecule has 2 nitrogen and oxygen atoms in total. The molecule has 2 rings (SSSR count). The molecule has 0 N–H and O–H groups in total. The summed E-state index contributed by atoms with van der Waals surface area (Å²) in [7, 11) is 2.03. The maximum absolute atomic E-state index is 11.8. The number of carbonyl (C=O) groups excluding carboxylic acids is 1. The minimum absolute atomic E-state index is 0.230. The standard InChI is InChI=1S/C11H14BrNOS/c1-13(6-8-2-3-8)7-9(14)10-4-5-11(12)15-10/h4-5,8H,2-3,6-7H2,1H3. The number of thiophene rings is 1. The van der Waals surface area contributed by atoms with Crippen molar-refractivity contribution >= 4 is 33.0 Å². The van der Waals surface area contributed by atoms with Gasteiger partial charge in [-0.15, -0.1) is 11.3 Å². The molecule has 0 saturated heterocycles. The number of likely N-dealkylation sites (N-methyl/N-ethyl adjacent to an activating group) is 1. The summed E-state index contributed by atoms with van der Waals surface area (Å²) in [6.45, 7) is 1.61. The van der Waals surface area contributed by atoms with Crippen LogP contribution >= 0.6 is 27.3 Å². The minimum atomic E-state index is 0.230. The highest BCUT2D eigenvalue weighted by Gasteiger charge is 2.23. The Kier molecular flexibility index (Phi) is 3.59. The van der Waals surface area contributed by atoms with Gasteiger partial charge in [-0.3, -0.25) is 9.69 Å². The van der Waals surface area contributed by atoms with E-state index in [2.05, 4.69) is 20.8 Å². The summed E-state index contributed by atoms with van der Waals surface area (Å²) < 4.78 is 1.02. The van der Waals surface area contributed by atoms with Crippen LogP contribution in [0.5, 0.6) is 0 Å². The van der Waals surface area contributed by atoms with Gasteiger partial charge in [-0.25, -0.2) is 0 Å². The maximum atomic E-state index is 11.8. The number of ketones is 1. The zero-order valence-electron chi connectivity index (χ0n) is 8.70. The zero-order valence-corrected chi connectivity index (χ0v) is 11.1. The van der Waals surface area contributed by atoms with Crippen LogP contribution in [-0.2, 0) is 0 Å². The van der Waals surface area contributed by atoms with Crippen molar-refractivity contribution in [3.63, 3.8) is 0 Å². The van der Waals surface area contributed by atoms with Crippen molar-refractivity contribution in [2.75, 3.05) is 20.1 Å². The molecule has 0 radical (unpaired) electrons. The van der Waals surface area contributed by atoms with E-state index in [1.54, 1.807) is 0 Å². The summed E-state index contributed by atoms with van der Waals surface area (Å²) >= 11 is 4.88. The summed E-state index contributed by atoms with van der Waals surface area (Å²) in [5.41, 5.74) is 0. The van der Waals surface area contributed by atoms with Crippen molar-refractivity contribution in [1.82, 2.24) is 4.90 Å². The van der Waals surface area contributed by atoms with Crippen LogP contribution in [0.3, 0.4) is 0 Å². The minimum Gasteiger partial charge on any atom is -0.299 e. The largest absolute Gasteiger partial charge is 0.299 e. The Morgan fingerprint density at radius 1 is 1.60 bits per heavy atom. The van der Waals surface area contributed by atoms with Crippen LogP contribution < -0.4 is 0 Å². The van der Waals surface area contributed by atoms with E-state index in [0.717, 1.165) is 21.1 Å². The van der Waals surface area contributed by atoms with Crippen LogP contribution in [0, 0.1) is 5.92 Å². The second-order valence-electron chi connectivity index (χ2n) is 4.17. The zero-order chi connectivity index (χ0) is 10.8. The van der Waals surface area contributed by atoms with Gasteiger partial charge in [-0.2, -0.15) is 0 Å². The van der Waals surface area contributed by atoms with Crippen molar-refractivity contribution in [3.8, 4) is 0 Å². The molecule has 1 aromatic heterocycles. The molecule has 1 saturated carbocycles. The molecule has 0 bridgehead atoms. The average Bonchev–Trinajstić information content (AvgIpc) is 2.85. The van der Waals surface area contributed by atoms with E-state index in [4.69, 9.17) is 0 Å². The monoisotopic (exact) mass is 287 g/mol. The Morgan fingerprint density at radius 2 is 2.33 bits per heavy atom. The third kappa shape index (κ3) is 3.40. The summed E-state index contributed by atoms with van der Waals surface area (Å²) in [4.78, 5) is 14.8. The molecule has 0 atom stereocenters. The Labute approximate surface area is 102 Å². The lowest BCUT2D eigenvalue weighted by molar-refractivity contribution is 0.0948. The van der Waals surface area contributed by atoms with Gasteiger partial charge in [0.2, 0.25) is 0 Å². The van der Waals surface area contributed by atoms with Gasteiger partial charge in [0.15, 0.2) is 5.78 Å². The van der Waals surface area contributed by atoms with Crippen LogP contribution in [0.25, 0.3) is 0 Å². The fourth-order valence-corrected chi connectivity index (χ4v) is 2.91. The molecule has 1 fully saturated rings. The van der Waals surface area contributed by atoms with Gasteiger partial charge < -0.3 is 0 Å². The van der Waals surface area contributed by atoms with Crippen LogP contribution in [0.4, 0.5) is 0 Å². The number of Topliss-reactive ketones (excluding diaryl/α,β-unsaturated/α-hetero) is 1. The van der Waals surface area contributed by atoms with Crippen molar-refractivity contribution in [3.05, 3.63) is 20.8 Å². The molecule has 15 heavy (non-hydrogen) atoms. The number of rotatable bonds is 5. The molecule has 0 aliphatic heterocycles. The van der Waals surface area contributed by atoms with E-state index in [-0.39, 0.29) is 5.78 Å². The molecule has 0 spiro atoms. The van der Waals surface area contributed by atoms with E-state index >= 15 is 0 Å². The summed E-state index contributed by atoms with van der Waals surface area (Å²) in [5.74, 6) is 1.08. The molecule has 0 amide bonds. The van der Waals surface area contributed by atoms with Gasteiger partial charge in [0.1, 0.15) is 0 Å². The first-order valence-electron chi connectivity index (χ1n) is 5.12. The van der Waals surface area contributed by atoms with Gasteiger partial charge in [0, 0.05) is 6.54 Å². The van der Waals surface area contributed by atoms with Gasteiger partial charge >= 0.3 is 0 Å². The van der Waals surface area contributed by atoms with Crippen molar-refractivity contribution < 1.29 is 4.79 Å². The van der Waals surface area contributed by atoms with Gasteiger partial charge in [0.25, 0.3) is 0 Å². The predicted octanol–water partition coefficient (Wildman–Crippen LogP) is 3.04. The first kappa shape index (κ1) is 11.3. The van der Waals surface area contributed by atoms with Crippen LogP contribution in [0.15, 0.2) is 15.9 Å². The predicted molar refractivity (Wildman–Crippen MR) is 66.6 cm³/mol. The normalized spacial score (nSPS) is 15.9. The third-order valence-electron chi connectivity index (χ3n) is 2.53. The quantitative estimate of drug-likeness (QED) is 0.776. The Bertz CT molecular complexity index is 359. The highest BCUT2D eigenvalue weighted by Crippen LogP contribution is 2.29. The topological polar surface area (TPSA) is 20.3 Å². The van der Waals surface area contributed by atoms with Gasteiger partial charge in [-0.05, 0) is 53.9 Å². The summed E-state index contributed by atoms with van der Waals surface area (Å²) in [6, 6.07) is 3.82.